The molecule has 0 unspecified atom stereocenters. The Hall–Kier alpha value is -4.05. The Bertz CT molecular complexity index is 1480. The predicted molar refractivity (Wildman–Crippen MR) is 144 cm³/mol. The van der Waals surface area contributed by atoms with Crippen LogP contribution in [0.1, 0.15) is 36.6 Å². The number of nitrogens with one attached hydrogen (secondary N) is 1. The number of anilines is 1. The first-order valence-corrected chi connectivity index (χ1v) is 12.5. The second kappa shape index (κ2) is 10.7. The van der Waals surface area contributed by atoms with E-state index in [4.69, 9.17) is 12.2 Å². The first-order chi connectivity index (χ1) is 18.3. The van der Waals surface area contributed by atoms with Crippen molar-refractivity contribution in [2.45, 2.75) is 39.0 Å². The lowest BCUT2D eigenvalue weighted by atomic mass is 9.82. The molecule has 0 atom stereocenters. The maximum Gasteiger partial charge on any atom is 0.573 e. The molecule has 1 aromatic heterocycles. The lowest BCUT2D eigenvalue weighted by Crippen LogP contribution is -2.17. The summed E-state index contributed by atoms with van der Waals surface area (Å²) in [6.45, 7) is 2.08. The van der Waals surface area contributed by atoms with E-state index >= 15 is 0 Å². The van der Waals surface area contributed by atoms with Crippen LogP contribution in [0.4, 0.5) is 18.9 Å². The minimum absolute atomic E-state index is 0.263. The van der Waals surface area contributed by atoms with Crippen molar-refractivity contribution >= 4 is 28.6 Å². The Morgan fingerprint density at radius 2 is 1.95 bits per heavy atom. The van der Waals surface area contributed by atoms with Gasteiger partial charge in [-0.05, 0) is 90.5 Å². The van der Waals surface area contributed by atoms with E-state index in [9.17, 15) is 13.2 Å². The molecule has 2 aliphatic rings. The number of benzene rings is 2. The maximum atomic E-state index is 12.5. The number of rotatable bonds is 5. The number of azo groups is 1. The Morgan fingerprint density at radius 3 is 2.71 bits per heavy atom. The van der Waals surface area contributed by atoms with Gasteiger partial charge in [0.1, 0.15) is 5.75 Å². The third-order valence-corrected chi connectivity index (χ3v) is 6.55. The molecule has 2 aromatic carbocycles. The number of fused-ring (bicyclic) bond motifs is 3. The summed E-state index contributed by atoms with van der Waals surface area (Å²) in [5, 5.41) is 16.3. The van der Waals surface area contributed by atoms with E-state index in [1.807, 2.05) is 24.3 Å². The van der Waals surface area contributed by atoms with Crippen molar-refractivity contribution in [2.75, 3.05) is 5.32 Å². The van der Waals surface area contributed by atoms with Crippen molar-refractivity contribution in [3.05, 3.63) is 101 Å². The molecule has 194 valence electrons. The van der Waals surface area contributed by atoms with Crippen LogP contribution in [0.15, 0.2) is 94.5 Å². The molecule has 0 radical (unpaired) electrons. The number of hydrogen-bond donors (Lipinski definition) is 1. The molecular formula is C28H24F3N5OS. The van der Waals surface area contributed by atoms with Gasteiger partial charge in [-0.25, -0.2) is 4.68 Å². The summed E-state index contributed by atoms with van der Waals surface area (Å²) in [5.74, 6) is -0.263. The summed E-state index contributed by atoms with van der Waals surface area (Å²) in [4.78, 5) is 0. The number of ether oxygens (including phenoxy) is 1. The highest BCUT2D eigenvalue weighted by molar-refractivity contribution is 7.80. The van der Waals surface area contributed by atoms with Gasteiger partial charge < -0.3 is 10.1 Å². The smallest absolute Gasteiger partial charge is 0.406 e. The first-order valence-electron chi connectivity index (χ1n) is 12.1. The van der Waals surface area contributed by atoms with Crippen molar-refractivity contribution in [1.82, 2.24) is 9.78 Å². The zero-order valence-electron chi connectivity index (χ0n) is 20.5. The van der Waals surface area contributed by atoms with Crippen molar-refractivity contribution in [2.24, 2.45) is 10.2 Å². The normalized spacial score (nSPS) is 16.1. The number of para-hydroxylation sites is 1. The van der Waals surface area contributed by atoms with Gasteiger partial charge >= 0.3 is 6.36 Å². The van der Waals surface area contributed by atoms with Gasteiger partial charge in [0.05, 0.1) is 23.8 Å². The second-order valence-electron chi connectivity index (χ2n) is 8.81. The fourth-order valence-electron chi connectivity index (χ4n) is 4.64. The largest absolute Gasteiger partial charge is 0.573 e. The molecule has 0 aliphatic heterocycles. The molecule has 0 bridgehead atoms. The molecule has 0 saturated carbocycles. The van der Waals surface area contributed by atoms with Gasteiger partial charge in [-0.3, -0.25) is 0 Å². The number of nitrogens with zero attached hydrogens (tertiary/aromatic N) is 4. The van der Waals surface area contributed by atoms with E-state index in [0.717, 1.165) is 52.9 Å². The van der Waals surface area contributed by atoms with Crippen LogP contribution in [0.5, 0.6) is 5.75 Å². The number of halogens is 3. The Balaban J connectivity index is 1.26. The van der Waals surface area contributed by atoms with Crippen molar-refractivity contribution < 1.29 is 17.9 Å². The van der Waals surface area contributed by atoms with Gasteiger partial charge in [0, 0.05) is 11.3 Å². The standard InChI is InChI=1S/C28H24F3N5OS/c1-2-19-5-3-4-6-25(19)34-27(38)35-32-16-18-7-13-23-20(15-18)8-14-26-24(23)17-33-36(26)21-9-11-22(12-10-21)37-28(29,30)31/h3-6,9-13,15-17H,2,7-8,14H2,1H3,(H,34,38). The minimum atomic E-state index is -4.72. The summed E-state index contributed by atoms with van der Waals surface area (Å²) in [5.41, 5.74) is 8.16. The van der Waals surface area contributed by atoms with E-state index < -0.39 is 6.36 Å². The molecule has 3 aromatic rings. The molecule has 38 heavy (non-hydrogen) atoms. The lowest BCUT2D eigenvalue weighted by molar-refractivity contribution is -0.274. The first kappa shape index (κ1) is 25.6. The quantitative estimate of drug-likeness (QED) is 0.268. The Kier molecular flexibility index (Phi) is 7.24. The molecular weight excluding hydrogens is 511 g/mol. The highest BCUT2D eigenvalue weighted by atomic mass is 32.1. The maximum absolute atomic E-state index is 12.5. The molecule has 5 rings (SSSR count). The fourth-order valence-corrected chi connectivity index (χ4v) is 4.80. The van der Waals surface area contributed by atoms with E-state index in [0.29, 0.717) is 17.2 Å². The predicted octanol–water partition coefficient (Wildman–Crippen LogP) is 7.73. The summed E-state index contributed by atoms with van der Waals surface area (Å²) in [6, 6.07) is 13.7. The van der Waals surface area contributed by atoms with Gasteiger partial charge in [0.15, 0.2) is 0 Å². The van der Waals surface area contributed by atoms with E-state index in [1.54, 1.807) is 29.2 Å². The van der Waals surface area contributed by atoms with Crippen LogP contribution in [0.2, 0.25) is 0 Å². The van der Waals surface area contributed by atoms with Gasteiger partial charge in [0.25, 0.3) is 0 Å². The number of alkyl halides is 3. The molecule has 1 heterocycles. The van der Waals surface area contributed by atoms with Crippen LogP contribution in [-0.4, -0.2) is 21.3 Å². The van der Waals surface area contributed by atoms with Crippen LogP contribution in [-0.2, 0) is 12.8 Å². The van der Waals surface area contributed by atoms with Crippen LogP contribution >= 0.6 is 12.2 Å². The molecule has 1 N–H and O–H groups in total. The van der Waals surface area contributed by atoms with Crippen LogP contribution in [0, 0.1) is 0 Å². The molecule has 0 fully saturated rings. The number of aryl methyl sites for hydroxylation is 1. The summed E-state index contributed by atoms with van der Waals surface area (Å²) in [7, 11) is 0. The van der Waals surface area contributed by atoms with Gasteiger partial charge in [-0.15, -0.1) is 18.3 Å². The van der Waals surface area contributed by atoms with Crippen LogP contribution in [0.3, 0.4) is 0 Å². The summed E-state index contributed by atoms with van der Waals surface area (Å²) >= 11 is 5.33. The summed E-state index contributed by atoms with van der Waals surface area (Å²) < 4.78 is 43.1. The topological polar surface area (TPSA) is 63.8 Å². The minimum Gasteiger partial charge on any atom is -0.406 e. The molecule has 10 heteroatoms. The monoisotopic (exact) mass is 535 g/mol. The fraction of sp³-hybridized carbons (Fsp3) is 0.214. The van der Waals surface area contributed by atoms with Gasteiger partial charge in [-0.2, -0.15) is 10.2 Å². The van der Waals surface area contributed by atoms with E-state index in [1.165, 1.54) is 17.7 Å². The number of aromatic nitrogens is 2. The molecule has 0 amide bonds. The summed E-state index contributed by atoms with van der Waals surface area (Å²) in [6.07, 6.45) is 6.21. The third-order valence-electron chi connectivity index (χ3n) is 6.36. The average molecular weight is 536 g/mol. The third kappa shape index (κ3) is 5.75. The number of hydrogen-bond acceptors (Lipinski definition) is 4. The molecule has 0 spiro atoms. The van der Waals surface area contributed by atoms with Crippen molar-refractivity contribution in [1.29, 1.82) is 0 Å². The molecule has 2 aliphatic carbocycles. The highest BCUT2D eigenvalue weighted by Gasteiger charge is 2.31. The Morgan fingerprint density at radius 1 is 1.16 bits per heavy atom. The SMILES string of the molecule is CCc1ccccc1NC(=S)N=NC=C1C=C2CCc3c(cnn3-c3ccc(OC(F)(F)F)cc3)C2=CC1. The van der Waals surface area contributed by atoms with Gasteiger partial charge in [-0.1, -0.05) is 37.3 Å². The van der Waals surface area contributed by atoms with Crippen LogP contribution < -0.4 is 10.1 Å². The van der Waals surface area contributed by atoms with E-state index in [2.05, 4.69) is 44.5 Å². The van der Waals surface area contributed by atoms with Crippen molar-refractivity contribution in [3.8, 4) is 11.4 Å². The molecule has 6 nitrogen and oxygen atoms in total. The van der Waals surface area contributed by atoms with E-state index in [-0.39, 0.29) is 5.75 Å². The number of allylic oxidation sites excluding steroid dienone is 5. The van der Waals surface area contributed by atoms with Crippen molar-refractivity contribution in [3.63, 3.8) is 0 Å². The van der Waals surface area contributed by atoms with Gasteiger partial charge in [0.2, 0.25) is 5.11 Å². The second-order valence-corrected chi connectivity index (χ2v) is 9.20. The average Bonchev–Trinajstić information content (AvgIpc) is 3.33. The Labute approximate surface area is 223 Å². The highest BCUT2D eigenvalue weighted by Crippen LogP contribution is 2.40. The number of thiocarbonyl (C=S) groups is 1. The molecule has 0 saturated heterocycles. The zero-order valence-corrected chi connectivity index (χ0v) is 21.3. The van der Waals surface area contributed by atoms with Crippen LogP contribution in [0.25, 0.3) is 11.3 Å². The zero-order chi connectivity index (χ0) is 26.7. The lowest BCUT2D eigenvalue weighted by Gasteiger charge is -2.23.